The number of nitrogens with zero attached hydrogens (tertiary/aromatic N) is 2. The molecule has 0 saturated carbocycles. The van der Waals surface area contributed by atoms with Crippen LogP contribution in [-0.2, 0) is 13.0 Å². The van der Waals surface area contributed by atoms with Crippen LogP contribution in [0.4, 0.5) is 0 Å². The summed E-state index contributed by atoms with van der Waals surface area (Å²) in [6, 6.07) is 4.55. The van der Waals surface area contributed by atoms with Crippen molar-refractivity contribution in [1.29, 1.82) is 0 Å². The highest BCUT2D eigenvalue weighted by molar-refractivity contribution is 5.26. The Balaban J connectivity index is 2.26. The van der Waals surface area contributed by atoms with Crippen LogP contribution in [0.5, 0.6) is 0 Å². The van der Waals surface area contributed by atoms with Crippen molar-refractivity contribution < 1.29 is 4.42 Å². The minimum absolute atomic E-state index is 0.263. The van der Waals surface area contributed by atoms with Crippen molar-refractivity contribution in [3.05, 3.63) is 40.6 Å². The van der Waals surface area contributed by atoms with Crippen LogP contribution in [0.2, 0.25) is 0 Å². The van der Waals surface area contributed by atoms with Crippen LogP contribution in [0.3, 0.4) is 0 Å². The molecule has 2 aromatic rings. The van der Waals surface area contributed by atoms with Gasteiger partial charge in [-0.2, -0.15) is 5.10 Å². The lowest BCUT2D eigenvalue weighted by Gasteiger charge is -2.16. The fourth-order valence-electron chi connectivity index (χ4n) is 2.61. The molecule has 104 valence electrons. The Kier molecular flexibility index (Phi) is 4.10. The van der Waals surface area contributed by atoms with Gasteiger partial charge in [-0.05, 0) is 46.9 Å². The zero-order chi connectivity index (χ0) is 14.0. The smallest absolute Gasteiger partial charge is 0.105 e. The van der Waals surface area contributed by atoms with E-state index in [-0.39, 0.29) is 6.04 Å². The van der Waals surface area contributed by atoms with Crippen LogP contribution in [0, 0.1) is 20.8 Å². The van der Waals surface area contributed by atoms with Gasteiger partial charge in [0.2, 0.25) is 0 Å². The van der Waals surface area contributed by atoms with E-state index in [1.54, 1.807) is 0 Å². The Morgan fingerprint density at radius 1 is 1.32 bits per heavy atom. The van der Waals surface area contributed by atoms with Crippen molar-refractivity contribution in [2.45, 2.75) is 46.7 Å². The molecule has 4 nitrogen and oxygen atoms in total. The number of nitrogens with one attached hydrogen (secondary N) is 1. The summed E-state index contributed by atoms with van der Waals surface area (Å²) in [5.41, 5.74) is 3.57. The molecule has 2 heterocycles. The standard InChI is InChI=1S/C15H23N3O/c1-6-18-13(7-10(2)17-18)9-15(16-5)14-8-11(3)19-12(14)4/h7-8,15-16H,6,9H2,1-5H3. The minimum atomic E-state index is 0.263. The molecule has 1 N–H and O–H groups in total. The van der Waals surface area contributed by atoms with Crippen LogP contribution < -0.4 is 5.32 Å². The van der Waals surface area contributed by atoms with Gasteiger partial charge in [0, 0.05) is 30.3 Å². The molecule has 1 unspecified atom stereocenters. The van der Waals surface area contributed by atoms with E-state index < -0.39 is 0 Å². The molecular formula is C15H23N3O. The molecule has 0 amide bonds. The third kappa shape index (κ3) is 2.89. The molecule has 2 rings (SSSR count). The number of rotatable bonds is 5. The summed E-state index contributed by atoms with van der Waals surface area (Å²) in [4.78, 5) is 0. The highest BCUT2D eigenvalue weighted by Crippen LogP contribution is 2.24. The average molecular weight is 261 g/mol. The molecule has 0 aromatic carbocycles. The van der Waals surface area contributed by atoms with Gasteiger partial charge in [0.1, 0.15) is 11.5 Å². The van der Waals surface area contributed by atoms with Gasteiger partial charge in [0.25, 0.3) is 0 Å². The minimum Gasteiger partial charge on any atom is -0.466 e. The summed E-state index contributed by atoms with van der Waals surface area (Å²) in [5.74, 6) is 1.96. The Labute approximate surface area is 114 Å². The van der Waals surface area contributed by atoms with Gasteiger partial charge >= 0.3 is 0 Å². The molecule has 0 aliphatic carbocycles. The number of likely N-dealkylation sites (N-methyl/N-ethyl adjacent to an activating group) is 1. The Morgan fingerprint density at radius 3 is 2.58 bits per heavy atom. The van der Waals surface area contributed by atoms with Crippen LogP contribution in [0.25, 0.3) is 0 Å². The zero-order valence-corrected chi connectivity index (χ0v) is 12.4. The molecular weight excluding hydrogens is 238 g/mol. The lowest BCUT2D eigenvalue weighted by molar-refractivity contribution is 0.485. The third-order valence-electron chi connectivity index (χ3n) is 3.50. The molecule has 0 aliphatic heterocycles. The second-order valence-corrected chi connectivity index (χ2v) is 5.01. The van der Waals surface area contributed by atoms with Gasteiger partial charge in [-0.15, -0.1) is 0 Å². The van der Waals surface area contributed by atoms with Crippen molar-refractivity contribution in [2.24, 2.45) is 0 Å². The number of aryl methyl sites for hydroxylation is 4. The molecule has 1 atom stereocenters. The maximum Gasteiger partial charge on any atom is 0.105 e. The zero-order valence-electron chi connectivity index (χ0n) is 12.4. The van der Waals surface area contributed by atoms with E-state index in [4.69, 9.17) is 4.42 Å². The SMILES string of the molecule is CCn1nc(C)cc1CC(NC)c1cc(C)oc1C. The van der Waals surface area contributed by atoms with E-state index in [2.05, 4.69) is 34.2 Å². The van der Waals surface area contributed by atoms with Crippen molar-refractivity contribution in [3.63, 3.8) is 0 Å². The molecule has 0 radical (unpaired) electrons. The van der Waals surface area contributed by atoms with Gasteiger partial charge in [0.05, 0.1) is 5.69 Å². The van der Waals surface area contributed by atoms with E-state index in [9.17, 15) is 0 Å². The normalized spacial score (nSPS) is 12.9. The van der Waals surface area contributed by atoms with Gasteiger partial charge in [-0.3, -0.25) is 4.68 Å². The van der Waals surface area contributed by atoms with E-state index in [1.807, 2.05) is 27.8 Å². The second kappa shape index (κ2) is 5.61. The van der Waals surface area contributed by atoms with E-state index in [0.29, 0.717) is 0 Å². The third-order valence-corrected chi connectivity index (χ3v) is 3.50. The number of hydrogen-bond acceptors (Lipinski definition) is 3. The van der Waals surface area contributed by atoms with E-state index >= 15 is 0 Å². The Morgan fingerprint density at radius 2 is 2.05 bits per heavy atom. The van der Waals surface area contributed by atoms with E-state index in [0.717, 1.165) is 30.2 Å². The van der Waals surface area contributed by atoms with Gasteiger partial charge in [-0.1, -0.05) is 0 Å². The summed E-state index contributed by atoms with van der Waals surface area (Å²) in [6.45, 7) is 9.08. The molecule has 0 fully saturated rings. The summed E-state index contributed by atoms with van der Waals surface area (Å²) in [7, 11) is 1.99. The first-order valence-corrected chi connectivity index (χ1v) is 6.82. The van der Waals surface area contributed by atoms with Crippen LogP contribution in [-0.4, -0.2) is 16.8 Å². The lowest BCUT2D eigenvalue weighted by atomic mass is 10.0. The molecule has 2 aromatic heterocycles. The molecule has 19 heavy (non-hydrogen) atoms. The molecule has 0 bridgehead atoms. The maximum atomic E-state index is 5.63. The van der Waals surface area contributed by atoms with Crippen molar-refractivity contribution >= 4 is 0 Å². The fraction of sp³-hybridized carbons (Fsp3) is 0.533. The first kappa shape index (κ1) is 13.9. The summed E-state index contributed by atoms with van der Waals surface area (Å²) < 4.78 is 7.71. The Bertz CT molecular complexity index is 554. The second-order valence-electron chi connectivity index (χ2n) is 5.01. The summed E-state index contributed by atoms with van der Waals surface area (Å²) >= 11 is 0. The van der Waals surface area contributed by atoms with Gasteiger partial charge < -0.3 is 9.73 Å². The first-order chi connectivity index (χ1) is 9.05. The van der Waals surface area contributed by atoms with Crippen molar-refractivity contribution in [3.8, 4) is 0 Å². The monoisotopic (exact) mass is 261 g/mol. The van der Waals surface area contributed by atoms with Gasteiger partial charge in [0.15, 0.2) is 0 Å². The first-order valence-electron chi connectivity index (χ1n) is 6.82. The van der Waals surface area contributed by atoms with Crippen LogP contribution in [0.15, 0.2) is 16.5 Å². The lowest BCUT2D eigenvalue weighted by Crippen LogP contribution is -2.20. The summed E-state index contributed by atoms with van der Waals surface area (Å²) in [5, 5.41) is 7.88. The number of aromatic nitrogens is 2. The van der Waals surface area contributed by atoms with Crippen LogP contribution in [0.1, 0.15) is 41.4 Å². The predicted molar refractivity (Wildman–Crippen MR) is 76.3 cm³/mol. The van der Waals surface area contributed by atoms with Crippen molar-refractivity contribution in [2.75, 3.05) is 7.05 Å². The molecule has 0 saturated heterocycles. The highest BCUT2D eigenvalue weighted by atomic mass is 16.3. The van der Waals surface area contributed by atoms with Crippen molar-refractivity contribution in [1.82, 2.24) is 15.1 Å². The topological polar surface area (TPSA) is 43.0 Å². The van der Waals surface area contributed by atoms with E-state index in [1.165, 1.54) is 11.3 Å². The summed E-state index contributed by atoms with van der Waals surface area (Å²) in [6.07, 6.45) is 0.922. The molecule has 0 aliphatic rings. The number of furan rings is 1. The quantitative estimate of drug-likeness (QED) is 0.900. The largest absolute Gasteiger partial charge is 0.466 e. The van der Waals surface area contributed by atoms with Crippen LogP contribution >= 0.6 is 0 Å². The molecule has 0 spiro atoms. The maximum absolute atomic E-state index is 5.63. The average Bonchev–Trinajstić information content (AvgIpc) is 2.88. The number of hydrogen-bond donors (Lipinski definition) is 1. The Hall–Kier alpha value is -1.55. The fourth-order valence-corrected chi connectivity index (χ4v) is 2.61. The molecule has 4 heteroatoms. The predicted octanol–water partition coefficient (Wildman–Crippen LogP) is 2.92. The highest BCUT2D eigenvalue weighted by Gasteiger charge is 2.18. The van der Waals surface area contributed by atoms with Gasteiger partial charge in [-0.25, -0.2) is 0 Å².